The number of anilines is 1. The second kappa shape index (κ2) is 7.09. The molecule has 23 heavy (non-hydrogen) atoms. The fourth-order valence-electron chi connectivity index (χ4n) is 1.83. The highest BCUT2D eigenvalue weighted by Gasteiger charge is 2.19. The number of rotatable bonds is 6. The first kappa shape index (κ1) is 16.0. The molecule has 0 amide bonds. The number of nitrogens with zero attached hydrogens (tertiary/aromatic N) is 3. The van der Waals surface area contributed by atoms with Gasteiger partial charge in [-0.15, -0.1) is 0 Å². The molecule has 0 heterocycles. The van der Waals surface area contributed by atoms with E-state index in [-0.39, 0.29) is 18.0 Å². The lowest BCUT2D eigenvalue weighted by Gasteiger charge is -2.06. The van der Waals surface area contributed by atoms with Gasteiger partial charge in [0.05, 0.1) is 28.2 Å². The van der Waals surface area contributed by atoms with E-state index in [9.17, 15) is 25.3 Å². The molecular formula is C14H12N4O5. The van der Waals surface area contributed by atoms with Crippen LogP contribution in [-0.2, 0) is 0 Å². The Balaban J connectivity index is 2.33. The Kier molecular flexibility index (Phi) is 4.95. The van der Waals surface area contributed by atoms with Gasteiger partial charge in [0.1, 0.15) is 5.69 Å². The Labute approximate surface area is 130 Å². The molecule has 0 radical (unpaired) electrons. The summed E-state index contributed by atoms with van der Waals surface area (Å²) in [5, 5.41) is 35.0. The van der Waals surface area contributed by atoms with Crippen LogP contribution in [-0.4, -0.2) is 27.3 Å². The van der Waals surface area contributed by atoms with Crippen molar-refractivity contribution in [3.05, 3.63) is 74.3 Å². The van der Waals surface area contributed by atoms with Crippen molar-refractivity contribution in [2.75, 3.05) is 12.0 Å². The van der Waals surface area contributed by atoms with Crippen LogP contribution < -0.4 is 5.43 Å². The number of nitrogens with one attached hydrogen (secondary N) is 1. The minimum absolute atomic E-state index is 0.0116. The summed E-state index contributed by atoms with van der Waals surface area (Å²) in [5.41, 5.74) is 2.51. The van der Waals surface area contributed by atoms with Gasteiger partial charge in [0.25, 0.3) is 5.69 Å². The summed E-state index contributed by atoms with van der Waals surface area (Å²) in [6.07, 6.45) is 0. The van der Waals surface area contributed by atoms with Crippen LogP contribution in [0, 0.1) is 20.2 Å². The number of hydrogen-bond donors (Lipinski definition) is 2. The van der Waals surface area contributed by atoms with Gasteiger partial charge in [0.2, 0.25) is 0 Å². The van der Waals surface area contributed by atoms with Crippen molar-refractivity contribution in [3.8, 4) is 0 Å². The third-order valence-electron chi connectivity index (χ3n) is 2.96. The quantitative estimate of drug-likeness (QED) is 0.477. The Morgan fingerprint density at radius 1 is 1.09 bits per heavy atom. The van der Waals surface area contributed by atoms with Gasteiger partial charge in [-0.05, 0) is 6.07 Å². The number of nitro benzene ring substituents is 2. The van der Waals surface area contributed by atoms with Gasteiger partial charge >= 0.3 is 5.69 Å². The molecule has 2 rings (SSSR count). The van der Waals surface area contributed by atoms with Crippen molar-refractivity contribution in [1.82, 2.24) is 0 Å². The van der Waals surface area contributed by atoms with Crippen molar-refractivity contribution in [2.45, 2.75) is 0 Å². The molecule has 2 N–H and O–H groups in total. The second-order valence-electron chi connectivity index (χ2n) is 4.41. The largest absolute Gasteiger partial charge is 0.390 e. The Morgan fingerprint density at radius 3 is 2.35 bits per heavy atom. The van der Waals surface area contributed by atoms with E-state index in [4.69, 9.17) is 0 Å². The fourth-order valence-corrected chi connectivity index (χ4v) is 1.83. The molecule has 0 aliphatic rings. The third-order valence-corrected chi connectivity index (χ3v) is 2.96. The average Bonchev–Trinajstić information content (AvgIpc) is 2.56. The molecule has 2 aromatic carbocycles. The maximum Gasteiger partial charge on any atom is 0.301 e. The SMILES string of the molecule is O=[N+]([O-])c1ccc(N/N=C(/CO)c2ccccc2)c([N+](=O)[O-])c1. The lowest BCUT2D eigenvalue weighted by Crippen LogP contribution is -2.09. The van der Waals surface area contributed by atoms with Gasteiger partial charge in [0, 0.05) is 11.6 Å². The first-order chi connectivity index (χ1) is 11.0. The van der Waals surface area contributed by atoms with E-state index in [0.29, 0.717) is 5.56 Å². The molecule has 0 atom stereocenters. The molecule has 118 valence electrons. The van der Waals surface area contributed by atoms with Gasteiger partial charge in [-0.3, -0.25) is 25.7 Å². The highest BCUT2D eigenvalue weighted by molar-refractivity contribution is 6.01. The van der Waals surface area contributed by atoms with E-state index in [1.54, 1.807) is 30.3 Å². The number of aliphatic hydroxyl groups is 1. The van der Waals surface area contributed by atoms with Gasteiger partial charge in [-0.1, -0.05) is 30.3 Å². The predicted molar refractivity (Wildman–Crippen MR) is 83.4 cm³/mol. The van der Waals surface area contributed by atoms with Crippen LogP contribution in [0.2, 0.25) is 0 Å². The molecule has 2 aromatic rings. The first-order valence-corrected chi connectivity index (χ1v) is 6.44. The Bertz CT molecular complexity index is 761. The minimum Gasteiger partial charge on any atom is -0.390 e. The molecule has 0 fully saturated rings. The van der Waals surface area contributed by atoms with Crippen LogP contribution in [0.3, 0.4) is 0 Å². The predicted octanol–water partition coefficient (Wildman–Crippen LogP) is 2.31. The molecular weight excluding hydrogens is 304 g/mol. The molecule has 0 bridgehead atoms. The van der Waals surface area contributed by atoms with Crippen LogP contribution in [0.4, 0.5) is 17.1 Å². The van der Waals surface area contributed by atoms with Crippen LogP contribution >= 0.6 is 0 Å². The molecule has 0 aromatic heterocycles. The first-order valence-electron chi connectivity index (χ1n) is 6.44. The average molecular weight is 316 g/mol. The number of hydrogen-bond acceptors (Lipinski definition) is 7. The molecule has 0 aliphatic heterocycles. The normalized spacial score (nSPS) is 11.1. The zero-order valence-corrected chi connectivity index (χ0v) is 11.7. The lowest BCUT2D eigenvalue weighted by molar-refractivity contribution is -0.393. The van der Waals surface area contributed by atoms with Crippen molar-refractivity contribution in [3.63, 3.8) is 0 Å². The summed E-state index contributed by atoms with van der Waals surface area (Å²) in [7, 11) is 0. The van der Waals surface area contributed by atoms with Crippen molar-refractivity contribution in [1.29, 1.82) is 0 Å². The number of non-ortho nitro benzene ring substituents is 1. The summed E-state index contributed by atoms with van der Waals surface area (Å²) in [5.74, 6) is 0. The summed E-state index contributed by atoms with van der Waals surface area (Å²) < 4.78 is 0. The van der Waals surface area contributed by atoms with Crippen molar-refractivity contribution >= 4 is 22.8 Å². The Hall–Kier alpha value is -3.33. The number of benzene rings is 2. The van der Waals surface area contributed by atoms with Gasteiger partial charge < -0.3 is 5.11 Å². The maximum atomic E-state index is 11.0. The zero-order valence-electron chi connectivity index (χ0n) is 11.7. The van der Waals surface area contributed by atoms with E-state index in [1.807, 2.05) is 0 Å². The summed E-state index contributed by atoms with van der Waals surface area (Å²) in [4.78, 5) is 20.2. The molecule has 0 aliphatic carbocycles. The van der Waals surface area contributed by atoms with Crippen LogP contribution in [0.15, 0.2) is 53.6 Å². The lowest BCUT2D eigenvalue weighted by atomic mass is 10.1. The Morgan fingerprint density at radius 2 is 1.78 bits per heavy atom. The van der Waals surface area contributed by atoms with Crippen LogP contribution in [0.5, 0.6) is 0 Å². The molecule has 0 unspecified atom stereocenters. The number of aliphatic hydroxyl groups excluding tert-OH is 1. The highest BCUT2D eigenvalue weighted by Crippen LogP contribution is 2.28. The summed E-state index contributed by atoms with van der Waals surface area (Å²) in [6, 6.07) is 11.9. The smallest absolute Gasteiger partial charge is 0.301 e. The summed E-state index contributed by atoms with van der Waals surface area (Å²) >= 11 is 0. The molecule has 0 saturated heterocycles. The van der Waals surface area contributed by atoms with E-state index < -0.39 is 21.2 Å². The zero-order chi connectivity index (χ0) is 16.8. The minimum atomic E-state index is -0.744. The fraction of sp³-hybridized carbons (Fsp3) is 0.0714. The van der Waals surface area contributed by atoms with E-state index in [1.165, 1.54) is 6.07 Å². The van der Waals surface area contributed by atoms with Crippen molar-refractivity contribution < 1.29 is 15.0 Å². The van der Waals surface area contributed by atoms with Crippen LogP contribution in [0.25, 0.3) is 0 Å². The summed E-state index contributed by atoms with van der Waals surface area (Å²) in [6.45, 7) is -0.377. The standard InChI is InChI=1S/C14H12N4O5/c19-9-13(10-4-2-1-3-5-10)16-15-12-7-6-11(17(20)21)8-14(12)18(22)23/h1-8,15,19H,9H2/b16-13-. The van der Waals surface area contributed by atoms with Gasteiger partial charge in [-0.2, -0.15) is 5.10 Å². The molecule has 9 nitrogen and oxygen atoms in total. The van der Waals surface area contributed by atoms with Gasteiger partial charge in [0.15, 0.2) is 0 Å². The van der Waals surface area contributed by atoms with Crippen molar-refractivity contribution in [2.24, 2.45) is 5.10 Å². The highest BCUT2D eigenvalue weighted by atomic mass is 16.6. The number of hydrazone groups is 1. The monoisotopic (exact) mass is 316 g/mol. The number of nitro groups is 2. The van der Waals surface area contributed by atoms with E-state index in [0.717, 1.165) is 12.1 Å². The second-order valence-corrected chi connectivity index (χ2v) is 4.41. The van der Waals surface area contributed by atoms with E-state index in [2.05, 4.69) is 10.5 Å². The van der Waals surface area contributed by atoms with Gasteiger partial charge in [-0.25, -0.2) is 0 Å². The van der Waals surface area contributed by atoms with E-state index >= 15 is 0 Å². The third kappa shape index (κ3) is 3.86. The molecule has 0 spiro atoms. The molecule has 0 saturated carbocycles. The topological polar surface area (TPSA) is 131 Å². The van der Waals surface area contributed by atoms with Crippen LogP contribution in [0.1, 0.15) is 5.56 Å². The maximum absolute atomic E-state index is 11.0. The molecule has 9 heteroatoms.